The van der Waals surface area contributed by atoms with Gasteiger partial charge >= 0.3 is 0 Å². The molecule has 2 heterocycles. The molecule has 0 amide bonds. The van der Waals surface area contributed by atoms with Crippen molar-refractivity contribution in [3.8, 4) is 0 Å². The molecule has 6 N–H and O–H groups in total. The van der Waals surface area contributed by atoms with Gasteiger partial charge in [-0.1, -0.05) is 12.1 Å². The molecule has 3 rings (SSSR count). The number of nitrogens with two attached hydrogens (primary N) is 3. The van der Waals surface area contributed by atoms with E-state index >= 15 is 0 Å². The van der Waals surface area contributed by atoms with Crippen LogP contribution in [-0.4, -0.2) is 26.4 Å². The van der Waals surface area contributed by atoms with Crippen LogP contribution < -0.4 is 17.2 Å². The first-order chi connectivity index (χ1) is 9.61. The first-order valence-corrected chi connectivity index (χ1v) is 6.46. The molecule has 7 nitrogen and oxygen atoms in total. The van der Waals surface area contributed by atoms with Gasteiger partial charge in [0.1, 0.15) is 5.82 Å². The van der Waals surface area contributed by atoms with Gasteiger partial charge in [0.15, 0.2) is 0 Å². The number of benzene rings is 1. The van der Waals surface area contributed by atoms with Crippen LogP contribution in [0.1, 0.15) is 17.0 Å². The summed E-state index contributed by atoms with van der Waals surface area (Å²) in [5.74, 6) is 0.922. The third kappa shape index (κ3) is 2.48. The van der Waals surface area contributed by atoms with Crippen molar-refractivity contribution in [1.82, 2.24) is 19.9 Å². The lowest BCUT2D eigenvalue weighted by atomic mass is 9.98. The van der Waals surface area contributed by atoms with E-state index in [1.54, 1.807) is 0 Å². The molecule has 20 heavy (non-hydrogen) atoms. The number of nitrogen functional groups attached to an aromatic ring is 3. The first-order valence-electron chi connectivity index (χ1n) is 6.46. The van der Waals surface area contributed by atoms with E-state index in [1.165, 1.54) is 11.1 Å². The van der Waals surface area contributed by atoms with Crippen LogP contribution in [0.3, 0.4) is 0 Å². The van der Waals surface area contributed by atoms with Crippen molar-refractivity contribution in [2.75, 3.05) is 23.7 Å². The summed E-state index contributed by atoms with van der Waals surface area (Å²) in [4.78, 5) is 14.2. The second-order valence-corrected chi connectivity index (χ2v) is 4.91. The Morgan fingerprint density at radius 3 is 2.55 bits per heavy atom. The minimum atomic E-state index is 0.161. The maximum Gasteiger partial charge on any atom is 0.225 e. The van der Waals surface area contributed by atoms with Gasteiger partial charge in [0.25, 0.3) is 0 Å². The fourth-order valence-corrected chi connectivity index (χ4v) is 2.56. The highest BCUT2D eigenvalue weighted by Gasteiger charge is 2.19. The third-order valence-electron chi connectivity index (χ3n) is 3.46. The number of fused-ring (bicyclic) bond motifs is 1. The smallest absolute Gasteiger partial charge is 0.225 e. The van der Waals surface area contributed by atoms with Gasteiger partial charge in [0.05, 0.1) is 6.54 Å². The van der Waals surface area contributed by atoms with Gasteiger partial charge in [-0.2, -0.15) is 15.0 Å². The molecule has 0 bridgehead atoms. The molecule has 1 aliphatic rings. The second-order valence-electron chi connectivity index (χ2n) is 4.91. The molecule has 2 aromatic rings. The van der Waals surface area contributed by atoms with Gasteiger partial charge in [0.2, 0.25) is 11.9 Å². The molecular weight excluding hydrogens is 254 g/mol. The van der Waals surface area contributed by atoms with E-state index in [-0.39, 0.29) is 11.9 Å². The summed E-state index contributed by atoms with van der Waals surface area (Å²) < 4.78 is 0. The molecule has 0 fully saturated rings. The van der Waals surface area contributed by atoms with E-state index in [0.717, 1.165) is 25.2 Å². The summed E-state index contributed by atoms with van der Waals surface area (Å²) in [5.41, 5.74) is 20.5. The molecule has 0 saturated heterocycles. The lowest BCUT2D eigenvalue weighted by Gasteiger charge is -2.28. The minimum Gasteiger partial charge on any atom is -0.398 e. The number of aromatic nitrogens is 3. The molecule has 7 heteroatoms. The Morgan fingerprint density at radius 1 is 1.05 bits per heavy atom. The SMILES string of the molecule is Nc1nc(N)nc(CN2CCc3c(N)cccc3C2)n1. The molecular formula is C13H17N7. The summed E-state index contributed by atoms with van der Waals surface area (Å²) in [7, 11) is 0. The fourth-order valence-electron chi connectivity index (χ4n) is 2.56. The lowest BCUT2D eigenvalue weighted by Crippen LogP contribution is -2.31. The number of nitrogens with zero attached hydrogens (tertiary/aromatic N) is 4. The largest absolute Gasteiger partial charge is 0.398 e. The Balaban J connectivity index is 1.77. The summed E-state index contributed by atoms with van der Waals surface area (Å²) in [5, 5.41) is 0. The number of anilines is 3. The summed E-state index contributed by atoms with van der Waals surface area (Å²) in [6, 6.07) is 6.03. The van der Waals surface area contributed by atoms with Crippen LogP contribution in [-0.2, 0) is 19.5 Å². The quantitative estimate of drug-likeness (QED) is 0.666. The maximum absolute atomic E-state index is 5.99. The van der Waals surface area contributed by atoms with Gasteiger partial charge in [-0.25, -0.2) is 0 Å². The van der Waals surface area contributed by atoms with Crippen molar-refractivity contribution < 1.29 is 0 Å². The van der Waals surface area contributed by atoms with Crippen molar-refractivity contribution in [3.63, 3.8) is 0 Å². The minimum absolute atomic E-state index is 0.161. The molecule has 1 aliphatic heterocycles. The maximum atomic E-state index is 5.99. The highest BCUT2D eigenvalue weighted by molar-refractivity contribution is 5.51. The van der Waals surface area contributed by atoms with E-state index in [9.17, 15) is 0 Å². The van der Waals surface area contributed by atoms with Gasteiger partial charge in [0, 0.05) is 18.8 Å². The van der Waals surface area contributed by atoms with Crippen molar-refractivity contribution in [2.45, 2.75) is 19.5 Å². The standard InChI is InChI=1S/C13H17N7/c14-10-3-1-2-8-6-20(5-4-9(8)10)7-11-17-12(15)19-13(16)18-11/h1-3H,4-7,14H2,(H4,15,16,17,18,19). The van der Waals surface area contributed by atoms with E-state index in [0.29, 0.717) is 12.4 Å². The predicted molar refractivity (Wildman–Crippen MR) is 77.3 cm³/mol. The van der Waals surface area contributed by atoms with Gasteiger partial charge in [-0.05, 0) is 23.6 Å². The lowest BCUT2D eigenvalue weighted by molar-refractivity contribution is 0.240. The van der Waals surface area contributed by atoms with Gasteiger partial charge in [-0.15, -0.1) is 0 Å². The average Bonchev–Trinajstić information content (AvgIpc) is 2.37. The number of hydrogen-bond acceptors (Lipinski definition) is 7. The average molecular weight is 271 g/mol. The number of rotatable bonds is 2. The summed E-state index contributed by atoms with van der Waals surface area (Å²) >= 11 is 0. The van der Waals surface area contributed by atoms with E-state index in [1.807, 2.05) is 12.1 Å². The Labute approximate surface area is 116 Å². The molecule has 104 valence electrons. The van der Waals surface area contributed by atoms with Crippen LogP contribution >= 0.6 is 0 Å². The molecule has 0 unspecified atom stereocenters. The van der Waals surface area contributed by atoms with Gasteiger partial charge < -0.3 is 17.2 Å². The van der Waals surface area contributed by atoms with Crippen LogP contribution in [0.2, 0.25) is 0 Å². The molecule has 0 radical (unpaired) electrons. The van der Waals surface area contributed by atoms with E-state index in [2.05, 4.69) is 25.9 Å². The Morgan fingerprint density at radius 2 is 1.80 bits per heavy atom. The number of hydrogen-bond donors (Lipinski definition) is 3. The second kappa shape index (κ2) is 4.93. The monoisotopic (exact) mass is 271 g/mol. The van der Waals surface area contributed by atoms with Gasteiger partial charge in [-0.3, -0.25) is 4.90 Å². The molecule has 0 atom stereocenters. The third-order valence-corrected chi connectivity index (χ3v) is 3.46. The van der Waals surface area contributed by atoms with Crippen LogP contribution in [0, 0.1) is 0 Å². The van der Waals surface area contributed by atoms with Crippen molar-refractivity contribution in [1.29, 1.82) is 0 Å². The molecule has 0 spiro atoms. The molecule has 0 aliphatic carbocycles. The Bertz CT molecular complexity index is 620. The van der Waals surface area contributed by atoms with Crippen molar-refractivity contribution in [3.05, 3.63) is 35.2 Å². The van der Waals surface area contributed by atoms with E-state index < -0.39 is 0 Å². The molecule has 0 saturated carbocycles. The molecule has 1 aromatic carbocycles. The summed E-state index contributed by atoms with van der Waals surface area (Å²) in [6.07, 6.45) is 0.929. The fraction of sp³-hybridized carbons (Fsp3) is 0.308. The summed E-state index contributed by atoms with van der Waals surface area (Å²) in [6.45, 7) is 2.34. The molecule has 1 aromatic heterocycles. The topological polar surface area (TPSA) is 120 Å². The van der Waals surface area contributed by atoms with Crippen LogP contribution in [0.25, 0.3) is 0 Å². The highest BCUT2D eigenvalue weighted by Crippen LogP contribution is 2.24. The predicted octanol–water partition coefficient (Wildman–Crippen LogP) is 0.177. The van der Waals surface area contributed by atoms with Crippen molar-refractivity contribution in [2.24, 2.45) is 0 Å². The van der Waals surface area contributed by atoms with Crippen LogP contribution in [0.15, 0.2) is 18.2 Å². The zero-order valence-electron chi connectivity index (χ0n) is 11.1. The zero-order chi connectivity index (χ0) is 14.1. The normalized spacial score (nSPS) is 15.0. The first kappa shape index (κ1) is 12.6. The zero-order valence-corrected chi connectivity index (χ0v) is 11.1. The highest BCUT2D eigenvalue weighted by atomic mass is 15.2. The van der Waals surface area contributed by atoms with Crippen LogP contribution in [0.4, 0.5) is 17.6 Å². The van der Waals surface area contributed by atoms with Crippen molar-refractivity contribution >= 4 is 17.6 Å². The Kier molecular flexibility index (Phi) is 3.11. The Hall–Kier alpha value is -2.41. The van der Waals surface area contributed by atoms with E-state index in [4.69, 9.17) is 17.2 Å². The van der Waals surface area contributed by atoms with Crippen LogP contribution in [0.5, 0.6) is 0 Å².